The van der Waals surface area contributed by atoms with Crippen LogP contribution in [0.3, 0.4) is 0 Å². The molecule has 0 fully saturated rings. The Bertz CT molecular complexity index is 1140. The Morgan fingerprint density at radius 2 is 2.06 bits per heavy atom. The van der Waals surface area contributed by atoms with E-state index in [1.807, 2.05) is 13.0 Å². The summed E-state index contributed by atoms with van der Waals surface area (Å²) in [5, 5.41) is 17.2. The molecule has 2 aromatic heterocycles. The number of imidazole rings is 1. The smallest absolute Gasteiger partial charge is 0.468 e. The number of carboxylic acid groups (broad SMARTS) is 2. The van der Waals surface area contributed by atoms with Crippen molar-refractivity contribution >= 4 is 44.6 Å². The van der Waals surface area contributed by atoms with Gasteiger partial charge in [0.1, 0.15) is 11.0 Å². The van der Waals surface area contributed by atoms with E-state index in [4.69, 9.17) is 19.3 Å². The summed E-state index contributed by atoms with van der Waals surface area (Å²) in [6.07, 6.45) is 2.14. The summed E-state index contributed by atoms with van der Waals surface area (Å²) < 4.78 is 19.3. The molecule has 0 saturated carbocycles. The fourth-order valence-corrected chi connectivity index (χ4v) is 5.76. The number of fused-ring (bicyclic) bond motifs is 2. The summed E-state index contributed by atoms with van der Waals surface area (Å²) in [5.41, 5.74) is 3.22. The molecule has 2 atom stereocenters. The topological polar surface area (TPSA) is 135 Å². The Morgan fingerprint density at radius 1 is 1.31 bits per heavy atom. The van der Waals surface area contributed by atoms with Crippen LogP contribution < -0.4 is 18.8 Å². The van der Waals surface area contributed by atoms with Crippen molar-refractivity contribution in [3.8, 4) is 17.2 Å². The van der Waals surface area contributed by atoms with Crippen LogP contribution in [0.5, 0.6) is 17.2 Å². The number of carbonyl (C=O) groups is 2. The highest BCUT2D eigenvalue weighted by molar-refractivity contribution is 8.76. The van der Waals surface area contributed by atoms with Gasteiger partial charge in [0.05, 0.1) is 42.2 Å². The van der Waals surface area contributed by atoms with Crippen molar-refractivity contribution in [2.24, 2.45) is 0 Å². The number of aromatic amines is 1. The third kappa shape index (κ3) is 4.41. The van der Waals surface area contributed by atoms with Crippen LogP contribution in [-0.4, -0.2) is 44.5 Å². The molecule has 0 radical (unpaired) electrons. The number of methoxy groups -OCH3 is 1. The van der Waals surface area contributed by atoms with Crippen LogP contribution in [0.1, 0.15) is 24.1 Å². The standard InChI is InChI=1S/C20H19N3O7S2/c1-10-13(8-31-32-17(19(26)27)7-18(24)25)23(4-3-14(10)28-2)20-29-15-5-11-12(22-9-21-11)6-16(15)30-20/h3-6,9,17,20H,7-8H2,1-2H3,(H2-,21,22,24,25,26,27)/p+1. The highest BCUT2D eigenvalue weighted by atomic mass is 33.1. The molecular weight excluding hydrogens is 458 g/mol. The number of carboxylic acids is 2. The molecule has 0 saturated heterocycles. The van der Waals surface area contributed by atoms with E-state index in [0.29, 0.717) is 23.0 Å². The number of hydrogen-bond donors (Lipinski definition) is 3. The van der Waals surface area contributed by atoms with Crippen molar-refractivity contribution in [1.29, 1.82) is 0 Å². The first-order valence-electron chi connectivity index (χ1n) is 9.48. The maximum atomic E-state index is 11.4. The molecule has 1 aliphatic rings. The monoisotopic (exact) mass is 478 g/mol. The van der Waals surface area contributed by atoms with Crippen LogP contribution in [0.15, 0.2) is 30.7 Å². The number of aromatic nitrogens is 3. The summed E-state index contributed by atoms with van der Waals surface area (Å²) in [5.74, 6) is -0.144. The summed E-state index contributed by atoms with van der Waals surface area (Å²) >= 11 is 0. The Balaban J connectivity index is 1.57. The van der Waals surface area contributed by atoms with Crippen LogP contribution >= 0.6 is 21.6 Å². The number of ether oxygens (including phenoxy) is 3. The SMILES string of the molecule is COc1cc[n+](C2Oc3cc4nc[nH]c4cc3O2)c(CSSC(CC(=O)O)C(=O)O)c1C. The molecule has 168 valence electrons. The van der Waals surface area contributed by atoms with E-state index in [-0.39, 0.29) is 0 Å². The van der Waals surface area contributed by atoms with Gasteiger partial charge in [0.25, 0.3) is 0 Å². The quantitative estimate of drug-likeness (QED) is 0.311. The molecule has 2 unspecified atom stereocenters. The highest BCUT2D eigenvalue weighted by Crippen LogP contribution is 2.40. The molecule has 3 heterocycles. The minimum Gasteiger partial charge on any atom is -0.496 e. The fraction of sp³-hybridized carbons (Fsp3) is 0.300. The van der Waals surface area contributed by atoms with E-state index < -0.39 is 30.0 Å². The molecule has 0 amide bonds. The maximum absolute atomic E-state index is 11.4. The summed E-state index contributed by atoms with van der Waals surface area (Å²) in [6, 6.07) is 5.41. The number of H-pyrrole nitrogens is 1. The van der Waals surface area contributed by atoms with Gasteiger partial charge in [-0.25, -0.2) is 4.98 Å². The van der Waals surface area contributed by atoms with Crippen LogP contribution in [0, 0.1) is 6.92 Å². The zero-order chi connectivity index (χ0) is 22.8. The number of rotatable bonds is 9. The number of aliphatic carboxylic acids is 2. The van der Waals surface area contributed by atoms with Crippen LogP contribution in [0.4, 0.5) is 0 Å². The van der Waals surface area contributed by atoms with E-state index in [1.165, 1.54) is 10.8 Å². The van der Waals surface area contributed by atoms with Gasteiger partial charge in [-0.1, -0.05) is 21.6 Å². The van der Waals surface area contributed by atoms with Crippen molar-refractivity contribution in [2.45, 2.75) is 30.8 Å². The minimum absolute atomic E-state index is 0.374. The molecule has 12 heteroatoms. The van der Waals surface area contributed by atoms with Crippen LogP contribution in [-0.2, 0) is 15.3 Å². The molecule has 0 aliphatic carbocycles. The first-order valence-corrected chi connectivity index (χ1v) is 11.9. The predicted octanol–water partition coefficient (Wildman–Crippen LogP) is 2.90. The third-order valence-electron chi connectivity index (χ3n) is 4.90. The molecule has 32 heavy (non-hydrogen) atoms. The van der Waals surface area contributed by atoms with Gasteiger partial charge >= 0.3 is 18.4 Å². The Kier molecular flexibility index (Phi) is 6.33. The van der Waals surface area contributed by atoms with Crippen LogP contribution in [0.2, 0.25) is 0 Å². The Labute approximate surface area is 190 Å². The Morgan fingerprint density at radius 3 is 2.75 bits per heavy atom. The lowest BCUT2D eigenvalue weighted by Gasteiger charge is -2.14. The zero-order valence-electron chi connectivity index (χ0n) is 17.1. The molecule has 10 nitrogen and oxygen atoms in total. The van der Waals surface area contributed by atoms with E-state index in [9.17, 15) is 14.7 Å². The van der Waals surface area contributed by atoms with E-state index in [2.05, 4.69) is 9.97 Å². The van der Waals surface area contributed by atoms with Crippen molar-refractivity contribution < 1.29 is 38.6 Å². The minimum atomic E-state index is -1.16. The molecule has 1 aromatic carbocycles. The zero-order valence-corrected chi connectivity index (χ0v) is 18.7. The fourth-order valence-electron chi connectivity index (χ4n) is 3.28. The van der Waals surface area contributed by atoms with E-state index in [1.54, 1.807) is 36.3 Å². The summed E-state index contributed by atoms with van der Waals surface area (Å²) in [6.45, 7) is 1.89. The number of benzene rings is 1. The van der Waals surface area contributed by atoms with Gasteiger partial charge < -0.3 is 29.4 Å². The van der Waals surface area contributed by atoms with Crippen LogP contribution in [0.25, 0.3) is 11.0 Å². The number of nitrogens with zero attached hydrogens (tertiary/aromatic N) is 2. The lowest BCUT2D eigenvalue weighted by Crippen LogP contribution is -2.47. The third-order valence-corrected chi connectivity index (χ3v) is 7.49. The second kappa shape index (κ2) is 9.17. The number of hydrogen-bond acceptors (Lipinski definition) is 8. The van der Waals surface area contributed by atoms with Gasteiger partial charge in [0.2, 0.25) is 5.69 Å². The predicted molar refractivity (Wildman–Crippen MR) is 117 cm³/mol. The molecular formula is C20H20N3O7S2+. The first-order chi connectivity index (χ1) is 15.4. The van der Waals surface area contributed by atoms with Crippen molar-refractivity contribution in [3.05, 3.63) is 42.0 Å². The average molecular weight is 479 g/mol. The number of pyridine rings is 1. The molecule has 3 aromatic rings. The van der Waals surface area contributed by atoms with Gasteiger partial charge in [0.15, 0.2) is 17.7 Å². The average Bonchev–Trinajstić information content (AvgIpc) is 3.37. The van der Waals surface area contributed by atoms with Crippen molar-refractivity contribution in [1.82, 2.24) is 9.97 Å². The van der Waals surface area contributed by atoms with Gasteiger partial charge in [-0.05, 0) is 6.92 Å². The van der Waals surface area contributed by atoms with E-state index in [0.717, 1.165) is 33.1 Å². The maximum Gasteiger partial charge on any atom is 0.468 e. The molecule has 0 spiro atoms. The Hall–Kier alpha value is -3.12. The summed E-state index contributed by atoms with van der Waals surface area (Å²) in [4.78, 5) is 29.6. The lowest BCUT2D eigenvalue weighted by atomic mass is 10.2. The molecule has 0 bridgehead atoms. The number of nitrogens with one attached hydrogen (secondary N) is 1. The van der Waals surface area contributed by atoms with Gasteiger partial charge in [0, 0.05) is 18.2 Å². The van der Waals surface area contributed by atoms with Gasteiger partial charge in [-0.15, -0.1) is 4.57 Å². The van der Waals surface area contributed by atoms with E-state index >= 15 is 0 Å². The largest absolute Gasteiger partial charge is 0.496 e. The summed E-state index contributed by atoms with van der Waals surface area (Å²) in [7, 11) is 3.82. The normalized spacial score (nSPS) is 13.9. The highest BCUT2D eigenvalue weighted by Gasteiger charge is 2.36. The first kappa shape index (κ1) is 22.1. The molecule has 3 N–H and O–H groups in total. The second-order valence-corrected chi connectivity index (χ2v) is 9.48. The van der Waals surface area contributed by atoms with Crippen molar-refractivity contribution in [3.63, 3.8) is 0 Å². The second-order valence-electron chi connectivity index (χ2n) is 6.91. The lowest BCUT2D eigenvalue weighted by molar-refractivity contribution is -0.788. The van der Waals surface area contributed by atoms with Gasteiger partial charge in [-0.2, -0.15) is 0 Å². The molecule has 1 aliphatic heterocycles. The molecule has 4 rings (SSSR count). The van der Waals surface area contributed by atoms with Gasteiger partial charge in [-0.3, -0.25) is 9.59 Å². The van der Waals surface area contributed by atoms with Crippen molar-refractivity contribution in [2.75, 3.05) is 7.11 Å².